The Hall–Kier alpha value is -2.30. The molecule has 0 aliphatic heterocycles. The summed E-state index contributed by atoms with van der Waals surface area (Å²) < 4.78 is 37.7. The molecule has 0 aliphatic rings. The van der Waals surface area contributed by atoms with Crippen LogP contribution in [-0.2, 0) is 4.79 Å². The van der Waals surface area contributed by atoms with Crippen LogP contribution in [0, 0.1) is 13.8 Å². The summed E-state index contributed by atoms with van der Waals surface area (Å²) in [6.45, 7) is 3.80. The van der Waals surface area contributed by atoms with Crippen LogP contribution >= 0.6 is 0 Å². The van der Waals surface area contributed by atoms with Crippen LogP contribution in [0.3, 0.4) is 0 Å². The van der Waals surface area contributed by atoms with Crippen LogP contribution in [0.1, 0.15) is 28.3 Å². The van der Waals surface area contributed by atoms with Gasteiger partial charge >= 0.3 is 12.1 Å². The highest BCUT2D eigenvalue weighted by Gasteiger charge is 2.40. The monoisotopic (exact) mass is 307 g/mol. The number of aryl methyl sites for hydroxylation is 2. The van der Waals surface area contributed by atoms with Gasteiger partial charge in [-0.25, -0.2) is 0 Å². The highest BCUT2D eigenvalue weighted by molar-refractivity contribution is 5.82. The number of alkyl halides is 3. The minimum absolute atomic E-state index is 0.600. The lowest BCUT2D eigenvalue weighted by atomic mass is 9.95. The molecule has 2 nitrogen and oxygen atoms in total. The summed E-state index contributed by atoms with van der Waals surface area (Å²) in [5, 5.41) is 2.07. The Morgan fingerprint density at radius 1 is 0.955 bits per heavy atom. The summed E-state index contributed by atoms with van der Waals surface area (Å²) in [7, 11) is 0. The Morgan fingerprint density at radius 2 is 1.59 bits per heavy atom. The molecule has 22 heavy (non-hydrogen) atoms. The maximum Gasteiger partial charge on any atom is 0.471 e. The quantitative estimate of drug-likeness (QED) is 0.910. The lowest BCUT2D eigenvalue weighted by Crippen LogP contribution is -2.39. The predicted molar refractivity (Wildman–Crippen MR) is 78.4 cm³/mol. The lowest BCUT2D eigenvalue weighted by molar-refractivity contribution is -0.174. The van der Waals surface area contributed by atoms with E-state index >= 15 is 0 Å². The smallest absolute Gasteiger partial charge is 0.337 e. The van der Waals surface area contributed by atoms with Crippen LogP contribution in [0.4, 0.5) is 13.2 Å². The third kappa shape index (κ3) is 3.67. The average molecular weight is 307 g/mol. The molecule has 0 heterocycles. The van der Waals surface area contributed by atoms with Gasteiger partial charge in [0.05, 0.1) is 6.04 Å². The van der Waals surface area contributed by atoms with E-state index in [0.29, 0.717) is 11.1 Å². The molecule has 0 unspecified atom stereocenters. The second-order valence-electron chi connectivity index (χ2n) is 5.16. The average Bonchev–Trinajstić information content (AvgIpc) is 2.47. The zero-order valence-electron chi connectivity index (χ0n) is 12.2. The van der Waals surface area contributed by atoms with Crippen molar-refractivity contribution in [1.82, 2.24) is 5.32 Å². The first kappa shape index (κ1) is 16.1. The standard InChI is InChI=1S/C17H16F3NO/c1-11-8-9-14(10-12(11)2)15(13-6-4-3-5-7-13)21-16(22)17(18,19)20/h3-10,15H,1-2H3,(H,21,22)/t15-/m0/s1. The van der Waals surface area contributed by atoms with Crippen molar-refractivity contribution in [2.45, 2.75) is 26.1 Å². The summed E-state index contributed by atoms with van der Waals surface area (Å²) in [6.07, 6.45) is -4.91. The number of amides is 1. The molecule has 0 saturated heterocycles. The van der Waals surface area contributed by atoms with E-state index in [2.05, 4.69) is 5.32 Å². The van der Waals surface area contributed by atoms with Gasteiger partial charge in [-0.2, -0.15) is 13.2 Å². The van der Waals surface area contributed by atoms with E-state index in [9.17, 15) is 18.0 Å². The van der Waals surface area contributed by atoms with Gasteiger partial charge < -0.3 is 5.32 Å². The second kappa shape index (κ2) is 6.22. The van der Waals surface area contributed by atoms with Gasteiger partial charge in [0.25, 0.3) is 0 Å². The third-order valence-corrected chi connectivity index (χ3v) is 3.53. The van der Waals surface area contributed by atoms with Gasteiger partial charge in [-0.15, -0.1) is 0 Å². The highest BCUT2D eigenvalue weighted by atomic mass is 19.4. The molecule has 0 bridgehead atoms. The first-order valence-corrected chi connectivity index (χ1v) is 6.79. The molecule has 1 N–H and O–H groups in total. The van der Waals surface area contributed by atoms with Crippen molar-refractivity contribution in [1.29, 1.82) is 0 Å². The van der Waals surface area contributed by atoms with Gasteiger partial charge in [-0.05, 0) is 36.1 Å². The van der Waals surface area contributed by atoms with E-state index in [-0.39, 0.29) is 0 Å². The van der Waals surface area contributed by atoms with Crippen LogP contribution in [-0.4, -0.2) is 12.1 Å². The van der Waals surface area contributed by atoms with Gasteiger partial charge in [-0.3, -0.25) is 4.79 Å². The van der Waals surface area contributed by atoms with Crippen molar-refractivity contribution >= 4 is 5.91 Å². The third-order valence-electron chi connectivity index (χ3n) is 3.53. The molecule has 2 rings (SSSR count). The van der Waals surface area contributed by atoms with E-state index in [0.717, 1.165) is 11.1 Å². The van der Waals surface area contributed by atoms with Crippen LogP contribution in [0.5, 0.6) is 0 Å². The molecule has 2 aromatic rings. The van der Waals surface area contributed by atoms with Gasteiger partial charge in [0.2, 0.25) is 0 Å². The number of carbonyl (C=O) groups is 1. The minimum Gasteiger partial charge on any atom is -0.337 e. The number of hydrogen-bond acceptors (Lipinski definition) is 1. The second-order valence-corrected chi connectivity index (χ2v) is 5.16. The molecule has 2 aromatic carbocycles. The molecule has 0 aromatic heterocycles. The molecule has 1 amide bonds. The Balaban J connectivity index is 2.42. The predicted octanol–water partition coefficient (Wildman–Crippen LogP) is 4.07. The number of halogens is 3. The van der Waals surface area contributed by atoms with Crippen molar-refractivity contribution < 1.29 is 18.0 Å². The van der Waals surface area contributed by atoms with Crippen molar-refractivity contribution in [3.8, 4) is 0 Å². The lowest BCUT2D eigenvalue weighted by Gasteiger charge is -2.21. The number of hydrogen-bond donors (Lipinski definition) is 1. The Kier molecular flexibility index (Phi) is 4.54. The van der Waals surface area contributed by atoms with Gasteiger partial charge in [0.1, 0.15) is 0 Å². The number of carbonyl (C=O) groups excluding carboxylic acids is 1. The molecular formula is C17H16F3NO. The van der Waals surface area contributed by atoms with Crippen LogP contribution < -0.4 is 5.32 Å². The van der Waals surface area contributed by atoms with E-state index in [1.54, 1.807) is 42.5 Å². The molecular weight excluding hydrogens is 291 g/mol. The maximum absolute atomic E-state index is 12.6. The molecule has 0 radical (unpaired) electrons. The van der Waals surface area contributed by atoms with Crippen molar-refractivity contribution in [3.63, 3.8) is 0 Å². The van der Waals surface area contributed by atoms with E-state index in [4.69, 9.17) is 0 Å². The molecule has 1 atom stereocenters. The molecule has 0 saturated carbocycles. The summed E-state index contributed by atoms with van der Waals surface area (Å²) in [4.78, 5) is 11.3. The van der Waals surface area contributed by atoms with Crippen molar-refractivity contribution in [2.75, 3.05) is 0 Å². The summed E-state index contributed by atoms with van der Waals surface area (Å²) in [5.41, 5.74) is 3.22. The fraction of sp³-hybridized carbons (Fsp3) is 0.235. The molecule has 0 aliphatic carbocycles. The van der Waals surface area contributed by atoms with Gasteiger partial charge in [-0.1, -0.05) is 48.5 Å². The minimum atomic E-state index is -4.91. The van der Waals surface area contributed by atoms with E-state index in [1.807, 2.05) is 19.9 Å². The zero-order chi connectivity index (χ0) is 16.3. The molecule has 116 valence electrons. The molecule has 0 fully saturated rings. The number of benzene rings is 2. The van der Waals surface area contributed by atoms with Gasteiger partial charge in [0, 0.05) is 0 Å². The normalized spacial score (nSPS) is 12.8. The summed E-state index contributed by atoms with van der Waals surface area (Å²) in [6, 6.07) is 13.1. The van der Waals surface area contributed by atoms with E-state index in [1.165, 1.54) is 0 Å². The Bertz CT molecular complexity index is 665. The van der Waals surface area contributed by atoms with E-state index < -0.39 is 18.1 Å². The van der Waals surface area contributed by atoms with Crippen molar-refractivity contribution in [2.24, 2.45) is 0 Å². The Labute approximate surface area is 127 Å². The summed E-state index contributed by atoms with van der Waals surface area (Å²) in [5.74, 6) is -1.94. The molecule has 5 heteroatoms. The van der Waals surface area contributed by atoms with Gasteiger partial charge in [0.15, 0.2) is 0 Å². The maximum atomic E-state index is 12.6. The SMILES string of the molecule is Cc1ccc([C@@H](NC(=O)C(F)(F)F)c2ccccc2)cc1C. The van der Waals surface area contributed by atoms with Crippen LogP contribution in [0.25, 0.3) is 0 Å². The van der Waals surface area contributed by atoms with Crippen LogP contribution in [0.15, 0.2) is 48.5 Å². The fourth-order valence-electron chi connectivity index (χ4n) is 2.16. The zero-order valence-corrected chi connectivity index (χ0v) is 12.2. The van der Waals surface area contributed by atoms with Crippen molar-refractivity contribution in [3.05, 3.63) is 70.8 Å². The first-order valence-electron chi connectivity index (χ1n) is 6.79. The van der Waals surface area contributed by atoms with Crippen LogP contribution in [0.2, 0.25) is 0 Å². The number of nitrogens with one attached hydrogen (secondary N) is 1. The summed E-state index contributed by atoms with van der Waals surface area (Å²) >= 11 is 0. The largest absolute Gasteiger partial charge is 0.471 e. The number of rotatable bonds is 3. The topological polar surface area (TPSA) is 29.1 Å². The molecule has 0 spiro atoms. The first-order chi connectivity index (χ1) is 10.3. The Morgan fingerprint density at radius 3 is 2.14 bits per heavy atom. The fourth-order valence-corrected chi connectivity index (χ4v) is 2.16. The highest BCUT2D eigenvalue weighted by Crippen LogP contribution is 2.26.